The topological polar surface area (TPSA) is 32.3 Å². The van der Waals surface area contributed by atoms with Crippen molar-refractivity contribution in [3.8, 4) is 0 Å². The number of nitrogens with one attached hydrogen (secondary N) is 1. The van der Waals surface area contributed by atoms with E-state index in [-0.39, 0.29) is 12.1 Å². The van der Waals surface area contributed by atoms with Gasteiger partial charge in [0, 0.05) is 6.04 Å². The lowest BCUT2D eigenvalue weighted by Gasteiger charge is -2.22. The van der Waals surface area contributed by atoms with E-state index in [0.717, 1.165) is 18.5 Å². The van der Waals surface area contributed by atoms with Gasteiger partial charge in [-0.2, -0.15) is 0 Å². The highest BCUT2D eigenvalue weighted by atomic mass is 16.3. The Morgan fingerprint density at radius 1 is 1.33 bits per heavy atom. The summed E-state index contributed by atoms with van der Waals surface area (Å²) < 4.78 is 0. The van der Waals surface area contributed by atoms with Gasteiger partial charge in [-0.15, -0.1) is 0 Å². The number of hydrogen-bond donors (Lipinski definition) is 2. The molecule has 0 aliphatic carbocycles. The van der Waals surface area contributed by atoms with E-state index in [1.807, 2.05) is 6.07 Å². The second-order valence-electron chi connectivity index (χ2n) is 4.45. The van der Waals surface area contributed by atoms with Crippen LogP contribution < -0.4 is 5.32 Å². The zero-order valence-corrected chi connectivity index (χ0v) is 9.46. The molecule has 2 rings (SSSR count). The van der Waals surface area contributed by atoms with Gasteiger partial charge >= 0.3 is 0 Å². The number of aliphatic hydroxyl groups excluding tert-OH is 1. The minimum atomic E-state index is -0.353. The predicted molar refractivity (Wildman–Crippen MR) is 61.9 cm³/mol. The molecule has 82 valence electrons. The zero-order valence-electron chi connectivity index (χ0n) is 9.46. The van der Waals surface area contributed by atoms with Crippen molar-refractivity contribution in [1.82, 2.24) is 5.32 Å². The van der Waals surface area contributed by atoms with Crippen LogP contribution in [0.1, 0.15) is 35.6 Å². The first-order chi connectivity index (χ1) is 7.20. The summed E-state index contributed by atoms with van der Waals surface area (Å²) in [4.78, 5) is 0. The van der Waals surface area contributed by atoms with Crippen LogP contribution in [0.2, 0.25) is 0 Å². The molecule has 1 fully saturated rings. The summed E-state index contributed by atoms with van der Waals surface area (Å²) in [6.45, 7) is 5.17. The largest absolute Gasteiger partial charge is 0.387 e. The molecular weight excluding hydrogens is 186 g/mol. The second-order valence-corrected chi connectivity index (χ2v) is 4.45. The third-order valence-electron chi connectivity index (χ3n) is 3.32. The highest BCUT2D eigenvalue weighted by Gasteiger charge is 2.25. The lowest BCUT2D eigenvalue weighted by atomic mass is 9.93. The third-order valence-corrected chi connectivity index (χ3v) is 3.32. The Kier molecular flexibility index (Phi) is 3.08. The van der Waals surface area contributed by atoms with E-state index in [4.69, 9.17) is 0 Å². The summed E-state index contributed by atoms with van der Waals surface area (Å²) in [6.07, 6.45) is 1.90. The molecule has 0 radical (unpaired) electrons. The maximum absolute atomic E-state index is 10.3. The van der Waals surface area contributed by atoms with Gasteiger partial charge in [-0.05, 0) is 49.9 Å². The van der Waals surface area contributed by atoms with Crippen LogP contribution in [0.5, 0.6) is 0 Å². The standard InChI is InChI=1S/C13H19NO/c1-9-5-3-6-10(2)12(9)13(15)11-7-4-8-14-11/h3,5-6,11,13-15H,4,7-8H2,1-2H3. The molecule has 15 heavy (non-hydrogen) atoms. The predicted octanol–water partition coefficient (Wildman–Crippen LogP) is 2.09. The minimum absolute atomic E-state index is 0.241. The van der Waals surface area contributed by atoms with E-state index in [1.54, 1.807) is 0 Å². The molecule has 0 spiro atoms. The molecule has 2 nitrogen and oxygen atoms in total. The molecule has 0 aromatic heterocycles. The molecule has 0 amide bonds. The Morgan fingerprint density at radius 2 is 2.00 bits per heavy atom. The fourth-order valence-corrected chi connectivity index (χ4v) is 2.48. The Bertz CT molecular complexity index is 322. The number of rotatable bonds is 2. The van der Waals surface area contributed by atoms with Crippen LogP contribution in [0.3, 0.4) is 0 Å². The van der Waals surface area contributed by atoms with Gasteiger partial charge in [-0.3, -0.25) is 0 Å². The van der Waals surface area contributed by atoms with Gasteiger partial charge < -0.3 is 10.4 Å². The minimum Gasteiger partial charge on any atom is -0.387 e. The van der Waals surface area contributed by atoms with Crippen LogP contribution in [0.4, 0.5) is 0 Å². The Labute approximate surface area is 91.3 Å². The van der Waals surface area contributed by atoms with Gasteiger partial charge in [0.05, 0.1) is 6.10 Å². The van der Waals surface area contributed by atoms with Crippen molar-refractivity contribution in [3.63, 3.8) is 0 Å². The zero-order chi connectivity index (χ0) is 10.8. The molecule has 0 bridgehead atoms. The van der Waals surface area contributed by atoms with Crippen molar-refractivity contribution in [3.05, 3.63) is 34.9 Å². The van der Waals surface area contributed by atoms with Gasteiger partial charge in [0.2, 0.25) is 0 Å². The van der Waals surface area contributed by atoms with Crippen LogP contribution in [-0.2, 0) is 0 Å². The van der Waals surface area contributed by atoms with E-state index in [0.29, 0.717) is 0 Å². The van der Waals surface area contributed by atoms with Gasteiger partial charge in [-0.1, -0.05) is 18.2 Å². The third kappa shape index (κ3) is 2.06. The first kappa shape index (κ1) is 10.7. The van der Waals surface area contributed by atoms with Crippen molar-refractivity contribution in [2.24, 2.45) is 0 Å². The van der Waals surface area contributed by atoms with Crippen LogP contribution >= 0.6 is 0 Å². The van der Waals surface area contributed by atoms with E-state index in [2.05, 4.69) is 31.3 Å². The maximum atomic E-state index is 10.3. The van der Waals surface area contributed by atoms with Crippen LogP contribution in [-0.4, -0.2) is 17.7 Å². The molecule has 1 aromatic carbocycles. The molecule has 1 heterocycles. The van der Waals surface area contributed by atoms with Crippen molar-refractivity contribution in [2.75, 3.05) is 6.54 Å². The Balaban J connectivity index is 2.27. The smallest absolute Gasteiger partial charge is 0.0948 e. The molecule has 2 N–H and O–H groups in total. The summed E-state index contributed by atoms with van der Waals surface area (Å²) in [5.74, 6) is 0. The first-order valence-electron chi connectivity index (χ1n) is 5.67. The van der Waals surface area contributed by atoms with Crippen molar-refractivity contribution >= 4 is 0 Å². The summed E-state index contributed by atoms with van der Waals surface area (Å²) in [6, 6.07) is 6.43. The van der Waals surface area contributed by atoms with Crippen molar-refractivity contribution in [2.45, 2.75) is 38.8 Å². The Morgan fingerprint density at radius 3 is 2.53 bits per heavy atom. The Hall–Kier alpha value is -0.860. The molecule has 1 aromatic rings. The van der Waals surface area contributed by atoms with Crippen LogP contribution in [0.25, 0.3) is 0 Å². The average molecular weight is 205 g/mol. The second kappa shape index (κ2) is 4.33. The van der Waals surface area contributed by atoms with E-state index in [9.17, 15) is 5.11 Å². The molecule has 2 heteroatoms. The quantitative estimate of drug-likeness (QED) is 0.775. The average Bonchev–Trinajstić information content (AvgIpc) is 2.69. The summed E-state index contributed by atoms with van der Waals surface area (Å²) in [5, 5.41) is 13.7. The van der Waals surface area contributed by atoms with Crippen LogP contribution in [0.15, 0.2) is 18.2 Å². The fraction of sp³-hybridized carbons (Fsp3) is 0.538. The molecule has 1 aliphatic rings. The van der Waals surface area contributed by atoms with Gasteiger partial charge in [0.25, 0.3) is 0 Å². The molecule has 1 saturated heterocycles. The summed E-state index contributed by atoms with van der Waals surface area (Å²) >= 11 is 0. The maximum Gasteiger partial charge on any atom is 0.0948 e. The van der Waals surface area contributed by atoms with Crippen LogP contribution in [0, 0.1) is 13.8 Å². The fourth-order valence-electron chi connectivity index (χ4n) is 2.48. The molecular formula is C13H19NO. The monoisotopic (exact) mass is 205 g/mol. The van der Waals surface area contributed by atoms with Crippen molar-refractivity contribution in [1.29, 1.82) is 0 Å². The number of hydrogen-bond acceptors (Lipinski definition) is 2. The van der Waals surface area contributed by atoms with Gasteiger partial charge in [0.1, 0.15) is 0 Å². The SMILES string of the molecule is Cc1cccc(C)c1C(O)C1CCCN1. The van der Waals surface area contributed by atoms with E-state index in [1.165, 1.54) is 17.5 Å². The molecule has 1 aliphatic heterocycles. The van der Waals surface area contributed by atoms with E-state index >= 15 is 0 Å². The lowest BCUT2D eigenvalue weighted by Crippen LogP contribution is -2.29. The number of aliphatic hydroxyl groups is 1. The highest BCUT2D eigenvalue weighted by Crippen LogP contribution is 2.27. The molecule has 2 unspecified atom stereocenters. The highest BCUT2D eigenvalue weighted by molar-refractivity contribution is 5.36. The molecule has 0 saturated carbocycles. The molecule has 2 atom stereocenters. The number of aryl methyl sites for hydroxylation is 2. The normalized spacial score (nSPS) is 23.0. The first-order valence-corrected chi connectivity index (χ1v) is 5.67. The lowest BCUT2D eigenvalue weighted by molar-refractivity contribution is 0.136. The van der Waals surface area contributed by atoms with Crippen molar-refractivity contribution < 1.29 is 5.11 Å². The van der Waals surface area contributed by atoms with Gasteiger partial charge in [0.15, 0.2) is 0 Å². The number of benzene rings is 1. The summed E-state index contributed by atoms with van der Waals surface area (Å²) in [5.41, 5.74) is 3.49. The summed E-state index contributed by atoms with van der Waals surface area (Å²) in [7, 11) is 0. The van der Waals surface area contributed by atoms with E-state index < -0.39 is 0 Å². The van der Waals surface area contributed by atoms with Gasteiger partial charge in [-0.25, -0.2) is 0 Å².